The van der Waals surface area contributed by atoms with Gasteiger partial charge in [-0.15, -0.1) is 0 Å². The molecule has 0 aliphatic heterocycles. The molecule has 0 spiro atoms. The molecule has 6 heteroatoms. The summed E-state index contributed by atoms with van der Waals surface area (Å²) in [5.74, 6) is 0.748. The Morgan fingerprint density at radius 3 is 2.62 bits per heavy atom. The second-order valence-corrected chi connectivity index (χ2v) is 6.76. The Kier molecular flexibility index (Phi) is 7.94. The smallest absolute Gasteiger partial charge is 0.323 e. The van der Waals surface area contributed by atoms with Crippen molar-refractivity contribution < 1.29 is 19.0 Å². The summed E-state index contributed by atoms with van der Waals surface area (Å²) in [6, 6.07) is 12.8. The Labute approximate surface area is 162 Å². The van der Waals surface area contributed by atoms with Crippen molar-refractivity contribution in [2.75, 3.05) is 13.7 Å². The minimum atomic E-state index is -0.764. The molecule has 0 bridgehead atoms. The third-order valence-corrected chi connectivity index (χ3v) is 4.19. The normalized spacial score (nSPS) is 11.7. The molecule has 0 saturated heterocycles. The maximum atomic E-state index is 12.0. The number of carbonyl (C=O) groups is 1. The van der Waals surface area contributed by atoms with Crippen molar-refractivity contribution in [3.05, 3.63) is 58.1 Å². The van der Waals surface area contributed by atoms with Gasteiger partial charge in [-0.1, -0.05) is 53.2 Å². The lowest BCUT2D eigenvalue weighted by molar-refractivity contribution is -0.145. The summed E-state index contributed by atoms with van der Waals surface area (Å²) in [6.07, 6.45) is 1.05. The molecule has 2 N–H and O–H groups in total. The summed E-state index contributed by atoms with van der Waals surface area (Å²) in [5, 5.41) is 0. The Hall–Kier alpha value is -2.05. The third-order valence-electron chi connectivity index (χ3n) is 3.73. The van der Waals surface area contributed by atoms with Crippen LogP contribution in [-0.2, 0) is 22.6 Å². The highest BCUT2D eigenvalue weighted by atomic mass is 79.9. The van der Waals surface area contributed by atoms with Gasteiger partial charge in [0.05, 0.1) is 13.7 Å². The molecule has 2 aromatic carbocycles. The van der Waals surface area contributed by atoms with Gasteiger partial charge in [0.1, 0.15) is 12.6 Å². The number of rotatable bonds is 9. The summed E-state index contributed by atoms with van der Waals surface area (Å²) < 4.78 is 17.4. The molecule has 0 amide bonds. The van der Waals surface area contributed by atoms with Crippen LogP contribution in [0.1, 0.15) is 24.5 Å². The van der Waals surface area contributed by atoms with Crippen molar-refractivity contribution in [3.8, 4) is 11.5 Å². The summed E-state index contributed by atoms with van der Waals surface area (Å²) >= 11 is 3.46. The Bertz CT molecular complexity index is 721. The molecule has 0 aliphatic rings. The SMILES string of the molecule is CCCOC(=O)C(N)Cc1cc(Br)cc(OC)c1OCc1ccccc1. The van der Waals surface area contributed by atoms with Crippen LogP contribution in [-0.4, -0.2) is 25.7 Å². The molecule has 0 aliphatic carbocycles. The van der Waals surface area contributed by atoms with Crippen LogP contribution in [0.2, 0.25) is 0 Å². The largest absolute Gasteiger partial charge is 0.493 e. The predicted molar refractivity (Wildman–Crippen MR) is 104 cm³/mol. The number of halogens is 1. The van der Waals surface area contributed by atoms with Crippen molar-refractivity contribution in [2.45, 2.75) is 32.4 Å². The minimum absolute atomic E-state index is 0.294. The number of nitrogens with two attached hydrogens (primary N) is 1. The number of ether oxygens (including phenoxy) is 3. The van der Waals surface area contributed by atoms with E-state index in [1.54, 1.807) is 7.11 Å². The summed E-state index contributed by atoms with van der Waals surface area (Å²) in [6.45, 7) is 2.69. The van der Waals surface area contributed by atoms with Crippen molar-refractivity contribution in [1.29, 1.82) is 0 Å². The first-order chi connectivity index (χ1) is 12.5. The molecule has 2 rings (SSSR count). The van der Waals surface area contributed by atoms with E-state index in [9.17, 15) is 4.79 Å². The maximum absolute atomic E-state index is 12.0. The van der Waals surface area contributed by atoms with Gasteiger partial charge < -0.3 is 19.9 Å². The number of hydrogen-bond donors (Lipinski definition) is 1. The van der Waals surface area contributed by atoms with Gasteiger partial charge in [0, 0.05) is 16.5 Å². The van der Waals surface area contributed by atoms with E-state index in [-0.39, 0.29) is 0 Å². The quantitative estimate of drug-likeness (QED) is 0.622. The highest BCUT2D eigenvalue weighted by Crippen LogP contribution is 2.36. The Morgan fingerprint density at radius 2 is 1.96 bits per heavy atom. The van der Waals surface area contributed by atoms with Crippen LogP contribution >= 0.6 is 15.9 Å². The number of carbonyl (C=O) groups excluding carboxylic acids is 1. The molecule has 0 fully saturated rings. The van der Waals surface area contributed by atoms with Crippen LogP contribution in [0, 0.1) is 0 Å². The van der Waals surface area contributed by atoms with E-state index in [0.29, 0.717) is 31.1 Å². The van der Waals surface area contributed by atoms with E-state index < -0.39 is 12.0 Å². The molecule has 0 radical (unpaired) electrons. The van der Waals surface area contributed by atoms with Crippen LogP contribution in [0.5, 0.6) is 11.5 Å². The van der Waals surface area contributed by atoms with Crippen molar-refractivity contribution >= 4 is 21.9 Å². The summed E-state index contributed by atoms with van der Waals surface area (Å²) in [5.41, 5.74) is 7.84. The molecular weight excluding hydrogens is 398 g/mol. The molecule has 0 aromatic heterocycles. The zero-order chi connectivity index (χ0) is 18.9. The standard InChI is InChI=1S/C20H24BrNO4/c1-3-9-25-20(23)17(22)11-15-10-16(21)12-18(24-2)19(15)26-13-14-7-5-4-6-8-14/h4-8,10,12,17H,3,9,11,13,22H2,1-2H3. The average Bonchev–Trinajstić information content (AvgIpc) is 2.65. The van der Waals surface area contributed by atoms with E-state index >= 15 is 0 Å². The summed E-state index contributed by atoms with van der Waals surface area (Å²) in [7, 11) is 1.58. The van der Waals surface area contributed by atoms with E-state index in [0.717, 1.165) is 22.0 Å². The highest BCUT2D eigenvalue weighted by molar-refractivity contribution is 9.10. The first kappa shape index (κ1) is 20.3. The van der Waals surface area contributed by atoms with Crippen molar-refractivity contribution in [3.63, 3.8) is 0 Å². The van der Waals surface area contributed by atoms with Crippen molar-refractivity contribution in [1.82, 2.24) is 0 Å². The first-order valence-electron chi connectivity index (χ1n) is 8.50. The molecule has 140 valence electrons. The Balaban J connectivity index is 2.20. The van der Waals surface area contributed by atoms with Crippen LogP contribution in [0.15, 0.2) is 46.9 Å². The fourth-order valence-corrected chi connectivity index (χ4v) is 2.93. The van der Waals surface area contributed by atoms with Crippen LogP contribution in [0.3, 0.4) is 0 Å². The predicted octanol–water partition coefficient (Wildman–Crippen LogP) is 3.86. The lowest BCUT2D eigenvalue weighted by Crippen LogP contribution is -2.34. The monoisotopic (exact) mass is 421 g/mol. The molecular formula is C20H24BrNO4. The zero-order valence-corrected chi connectivity index (χ0v) is 16.6. The first-order valence-corrected chi connectivity index (χ1v) is 9.29. The third kappa shape index (κ3) is 5.75. The number of esters is 1. The highest BCUT2D eigenvalue weighted by Gasteiger charge is 2.21. The molecule has 5 nitrogen and oxygen atoms in total. The lowest BCUT2D eigenvalue weighted by atomic mass is 10.0. The summed E-state index contributed by atoms with van der Waals surface area (Å²) in [4.78, 5) is 12.0. The van der Waals surface area contributed by atoms with Gasteiger partial charge in [-0.2, -0.15) is 0 Å². The van der Waals surface area contributed by atoms with Gasteiger partial charge in [-0.3, -0.25) is 4.79 Å². The van der Waals surface area contributed by atoms with E-state index in [4.69, 9.17) is 19.9 Å². The van der Waals surface area contributed by atoms with E-state index in [1.165, 1.54) is 0 Å². The minimum Gasteiger partial charge on any atom is -0.493 e. The van der Waals surface area contributed by atoms with Gasteiger partial charge in [-0.25, -0.2) is 0 Å². The van der Waals surface area contributed by atoms with Gasteiger partial charge in [-0.05, 0) is 24.1 Å². The molecule has 2 aromatic rings. The zero-order valence-electron chi connectivity index (χ0n) is 15.0. The van der Waals surface area contributed by atoms with Gasteiger partial charge >= 0.3 is 5.97 Å². The molecule has 0 heterocycles. The van der Waals surface area contributed by atoms with Crippen LogP contribution in [0.4, 0.5) is 0 Å². The molecule has 1 atom stereocenters. The van der Waals surface area contributed by atoms with E-state index in [2.05, 4.69) is 15.9 Å². The molecule has 1 unspecified atom stereocenters. The fraction of sp³-hybridized carbons (Fsp3) is 0.350. The average molecular weight is 422 g/mol. The van der Waals surface area contributed by atoms with Gasteiger partial charge in [0.15, 0.2) is 11.5 Å². The number of hydrogen-bond acceptors (Lipinski definition) is 5. The molecule has 26 heavy (non-hydrogen) atoms. The lowest BCUT2D eigenvalue weighted by Gasteiger charge is -2.18. The topological polar surface area (TPSA) is 70.8 Å². The maximum Gasteiger partial charge on any atom is 0.323 e. The van der Waals surface area contributed by atoms with Gasteiger partial charge in [0.2, 0.25) is 0 Å². The molecule has 0 saturated carbocycles. The fourth-order valence-electron chi connectivity index (χ4n) is 2.45. The second kappa shape index (κ2) is 10.2. The number of benzene rings is 2. The van der Waals surface area contributed by atoms with Crippen LogP contribution in [0.25, 0.3) is 0 Å². The van der Waals surface area contributed by atoms with Crippen LogP contribution < -0.4 is 15.2 Å². The van der Waals surface area contributed by atoms with Gasteiger partial charge in [0.25, 0.3) is 0 Å². The van der Waals surface area contributed by atoms with E-state index in [1.807, 2.05) is 49.4 Å². The Morgan fingerprint density at radius 1 is 1.23 bits per heavy atom. The second-order valence-electron chi connectivity index (χ2n) is 5.85. The van der Waals surface area contributed by atoms with Crippen molar-refractivity contribution in [2.24, 2.45) is 5.73 Å². The number of methoxy groups -OCH3 is 1.